The molecule has 256 valence electrons. The van der Waals surface area contributed by atoms with Crippen LogP contribution in [0, 0.1) is 0 Å². The number of imidazole rings is 1. The minimum atomic E-state index is -5.08. The molecule has 0 bridgehead atoms. The number of halogens is 4. The van der Waals surface area contributed by atoms with Crippen molar-refractivity contribution in [3.05, 3.63) is 113 Å². The third-order valence-electron chi connectivity index (χ3n) is 8.29. The highest BCUT2D eigenvalue weighted by molar-refractivity contribution is 6.30. The molecule has 2 atom stereocenters. The van der Waals surface area contributed by atoms with Gasteiger partial charge >= 0.3 is 12.1 Å². The molecular formula is C34H28ClF3N8O4. The number of rotatable bonds is 6. The molecule has 12 nitrogen and oxygen atoms in total. The van der Waals surface area contributed by atoms with E-state index in [1.165, 1.54) is 11.0 Å². The third-order valence-corrected chi connectivity index (χ3v) is 8.53. The number of amides is 2. The molecule has 0 unspecified atom stereocenters. The summed E-state index contributed by atoms with van der Waals surface area (Å²) in [6.07, 6.45) is 3.69. The monoisotopic (exact) mass is 704 g/mol. The summed E-state index contributed by atoms with van der Waals surface area (Å²) in [7, 11) is 0. The van der Waals surface area contributed by atoms with Gasteiger partial charge in [0, 0.05) is 34.8 Å². The number of hydrogen-bond donors (Lipinski definition) is 3. The molecular weight excluding hydrogens is 677 g/mol. The molecule has 4 heterocycles. The predicted octanol–water partition coefficient (Wildman–Crippen LogP) is 5.99. The first kappa shape index (κ1) is 34.0. The smallest absolute Gasteiger partial charge is 0.475 e. The summed E-state index contributed by atoms with van der Waals surface area (Å²) in [4.78, 5) is 44.9. The molecule has 2 aliphatic heterocycles. The van der Waals surface area contributed by atoms with Crippen LogP contribution in [0.4, 0.5) is 18.9 Å². The van der Waals surface area contributed by atoms with Crippen LogP contribution in [0.2, 0.25) is 5.02 Å². The molecule has 0 aliphatic carbocycles. The quantitative estimate of drug-likeness (QED) is 0.182. The second-order valence-corrected chi connectivity index (χ2v) is 11.9. The molecule has 2 aliphatic rings. The summed E-state index contributed by atoms with van der Waals surface area (Å²) in [5.74, 6) is -2.12. The number of nitrogens with zero attached hydrogens (tertiary/aromatic N) is 6. The first-order valence-corrected chi connectivity index (χ1v) is 15.7. The maximum Gasteiger partial charge on any atom is 0.490 e. The van der Waals surface area contributed by atoms with Gasteiger partial charge in [-0.05, 0) is 76.4 Å². The second-order valence-electron chi connectivity index (χ2n) is 11.5. The lowest BCUT2D eigenvalue weighted by Gasteiger charge is -2.40. The fourth-order valence-electron chi connectivity index (χ4n) is 6.06. The van der Waals surface area contributed by atoms with Crippen LogP contribution in [0.25, 0.3) is 23.0 Å². The van der Waals surface area contributed by atoms with Crippen LogP contribution in [-0.2, 0) is 20.8 Å². The lowest BCUT2D eigenvalue weighted by molar-refractivity contribution is -0.192. The summed E-state index contributed by atoms with van der Waals surface area (Å²) >= 11 is 6.30. The summed E-state index contributed by atoms with van der Waals surface area (Å²) in [6.45, 7) is 0.592. The average Bonchev–Trinajstić information content (AvgIpc) is 3.88. The Balaban J connectivity index is 0.000000561. The van der Waals surface area contributed by atoms with Gasteiger partial charge in [0.25, 0.3) is 0 Å². The Kier molecular flexibility index (Phi) is 9.76. The van der Waals surface area contributed by atoms with Crippen molar-refractivity contribution in [1.82, 2.24) is 35.1 Å². The number of benzene rings is 3. The minimum Gasteiger partial charge on any atom is -0.475 e. The molecule has 0 spiro atoms. The van der Waals surface area contributed by atoms with Crippen LogP contribution >= 0.6 is 11.6 Å². The van der Waals surface area contributed by atoms with Crippen molar-refractivity contribution in [2.24, 2.45) is 0 Å². The van der Waals surface area contributed by atoms with Gasteiger partial charge in [-0.15, -0.1) is 5.10 Å². The molecule has 0 radical (unpaired) electrons. The zero-order valence-corrected chi connectivity index (χ0v) is 26.8. The number of piperidine rings is 1. The molecule has 5 aromatic rings. The van der Waals surface area contributed by atoms with Gasteiger partial charge in [0.2, 0.25) is 11.8 Å². The predicted molar refractivity (Wildman–Crippen MR) is 176 cm³/mol. The zero-order chi connectivity index (χ0) is 35.4. The van der Waals surface area contributed by atoms with Crippen LogP contribution in [0.15, 0.2) is 85.3 Å². The standard InChI is InChI=1S/C32H27ClN8O2.C2HF3O2/c33-24-10-12-28(41-19-35-38-39-41)22(16-24)9-13-30(43)40-14-4-7-25(20-5-2-1-3-6-20)31(40)32-34-18-27(37-32)21-8-11-26-23(15-21)17-29(42)36-26;3-2(4,5)1(6)7/h1-3,5-6,8-13,15-16,18-19,25,31H,4,7,14,17H2,(H,34,37)(H,36,42);(H,6,7)/b13-9+;/t25-,31-;/m1./s1. The highest BCUT2D eigenvalue weighted by Crippen LogP contribution is 2.42. The summed E-state index contributed by atoms with van der Waals surface area (Å²) in [5.41, 5.74) is 6.16. The van der Waals surface area contributed by atoms with Crippen molar-refractivity contribution < 1.29 is 32.7 Å². The van der Waals surface area contributed by atoms with Gasteiger partial charge in [0.05, 0.1) is 30.0 Å². The molecule has 7 rings (SSSR count). The number of tetrazole rings is 1. The van der Waals surface area contributed by atoms with E-state index in [-0.39, 0.29) is 23.8 Å². The van der Waals surface area contributed by atoms with Crippen LogP contribution < -0.4 is 5.32 Å². The van der Waals surface area contributed by atoms with E-state index in [1.54, 1.807) is 30.5 Å². The van der Waals surface area contributed by atoms with Crippen molar-refractivity contribution in [2.75, 3.05) is 11.9 Å². The average molecular weight is 705 g/mol. The molecule has 2 aromatic heterocycles. The topological polar surface area (TPSA) is 159 Å². The molecule has 50 heavy (non-hydrogen) atoms. The number of aromatic amines is 1. The fraction of sp³-hybridized carbons (Fsp3) is 0.206. The van der Waals surface area contributed by atoms with Crippen LogP contribution in [0.5, 0.6) is 0 Å². The number of hydrogen-bond acceptors (Lipinski definition) is 7. The number of likely N-dealkylation sites (tertiary alicyclic amines) is 1. The fourth-order valence-corrected chi connectivity index (χ4v) is 6.24. The second kappa shape index (κ2) is 14.3. The van der Waals surface area contributed by atoms with Gasteiger partial charge in [-0.1, -0.05) is 48.0 Å². The number of alkyl halides is 3. The van der Waals surface area contributed by atoms with Crippen LogP contribution in [0.3, 0.4) is 0 Å². The number of aromatic nitrogens is 6. The van der Waals surface area contributed by atoms with Gasteiger partial charge in [0.1, 0.15) is 12.2 Å². The molecule has 3 N–H and O–H groups in total. The molecule has 1 saturated heterocycles. The molecule has 3 aromatic carbocycles. The van der Waals surface area contributed by atoms with Gasteiger partial charge in [-0.25, -0.2) is 9.78 Å². The summed E-state index contributed by atoms with van der Waals surface area (Å²) in [5, 5.41) is 22.0. The number of carboxylic acids is 1. The Morgan fingerprint density at radius 2 is 1.84 bits per heavy atom. The van der Waals surface area contributed by atoms with Crippen molar-refractivity contribution in [3.63, 3.8) is 0 Å². The first-order chi connectivity index (χ1) is 24.0. The van der Waals surface area contributed by atoms with E-state index < -0.39 is 12.1 Å². The van der Waals surface area contributed by atoms with Crippen molar-refractivity contribution in [2.45, 2.75) is 37.4 Å². The normalized spacial score (nSPS) is 17.2. The third kappa shape index (κ3) is 7.57. The molecule has 2 amide bonds. The SMILES string of the molecule is O=C(O)C(F)(F)F.O=C1Cc2cc(-c3cnc([C@H]4[C@@H](c5ccccc5)CCCN4C(=O)/C=C/c4cc(Cl)ccc4-n4cnnn4)[nH]3)ccc2N1. The number of carbonyl (C=O) groups excluding carboxylic acids is 2. The maximum absolute atomic E-state index is 13.9. The Bertz CT molecular complexity index is 2050. The zero-order valence-electron chi connectivity index (χ0n) is 26.0. The Morgan fingerprint density at radius 1 is 1.06 bits per heavy atom. The highest BCUT2D eigenvalue weighted by atomic mass is 35.5. The van der Waals surface area contributed by atoms with Crippen molar-refractivity contribution >= 4 is 41.1 Å². The number of carbonyl (C=O) groups is 3. The van der Waals surface area contributed by atoms with Gasteiger partial charge in [0.15, 0.2) is 0 Å². The Labute approximate surface area is 287 Å². The van der Waals surface area contributed by atoms with Gasteiger partial charge < -0.3 is 20.3 Å². The first-order valence-electron chi connectivity index (χ1n) is 15.3. The van der Waals surface area contributed by atoms with Crippen LogP contribution in [-0.4, -0.2) is 70.7 Å². The lowest BCUT2D eigenvalue weighted by atomic mass is 9.83. The van der Waals surface area contributed by atoms with Crippen molar-refractivity contribution in [1.29, 1.82) is 0 Å². The summed E-state index contributed by atoms with van der Waals surface area (Å²) in [6, 6.07) is 21.2. The number of anilines is 1. The molecule has 16 heteroatoms. The van der Waals surface area contributed by atoms with E-state index in [2.05, 4.69) is 38.0 Å². The Hall–Kier alpha value is -5.83. The van der Waals surface area contributed by atoms with E-state index in [9.17, 15) is 22.8 Å². The van der Waals surface area contributed by atoms with Gasteiger partial charge in [-0.3, -0.25) is 9.59 Å². The largest absolute Gasteiger partial charge is 0.490 e. The van der Waals surface area contributed by atoms with E-state index in [0.29, 0.717) is 29.2 Å². The van der Waals surface area contributed by atoms with E-state index in [4.69, 9.17) is 26.5 Å². The van der Waals surface area contributed by atoms with Gasteiger partial charge in [-0.2, -0.15) is 17.9 Å². The van der Waals surface area contributed by atoms with E-state index >= 15 is 0 Å². The maximum atomic E-state index is 13.9. The summed E-state index contributed by atoms with van der Waals surface area (Å²) < 4.78 is 33.3. The number of carboxylic acid groups (broad SMARTS) is 1. The number of nitrogens with one attached hydrogen (secondary N) is 2. The lowest BCUT2D eigenvalue weighted by Crippen LogP contribution is -2.41. The molecule has 0 saturated carbocycles. The number of aliphatic carboxylic acids is 1. The molecule has 1 fully saturated rings. The minimum absolute atomic E-state index is 0.00424. The van der Waals surface area contributed by atoms with Crippen LogP contribution in [0.1, 0.15) is 47.3 Å². The van der Waals surface area contributed by atoms with Crippen molar-refractivity contribution in [3.8, 4) is 16.9 Å². The Morgan fingerprint density at radius 3 is 2.56 bits per heavy atom. The highest BCUT2D eigenvalue weighted by Gasteiger charge is 2.39. The van der Waals surface area contributed by atoms with E-state index in [1.807, 2.05) is 47.4 Å². The number of fused-ring (bicyclic) bond motifs is 1. The van der Waals surface area contributed by atoms with E-state index in [0.717, 1.165) is 46.7 Å². The number of H-pyrrole nitrogens is 1.